The fourth-order valence-corrected chi connectivity index (χ4v) is 5.25. The average Bonchev–Trinajstić information content (AvgIpc) is 3.22. The molecule has 2 fully saturated rings. The monoisotopic (exact) mass is 487 g/mol. The van der Waals surface area contributed by atoms with E-state index in [1.165, 1.54) is 23.9 Å². The SMILES string of the molecule is Cn1cnc(C(=O)N(Cc2cccc(OC(F)(F)F)c2)CC2C3CN(Cc4cccn4C)CC32)c1. The maximum Gasteiger partial charge on any atom is 0.573 e. The summed E-state index contributed by atoms with van der Waals surface area (Å²) < 4.78 is 45.9. The van der Waals surface area contributed by atoms with Gasteiger partial charge in [-0.2, -0.15) is 0 Å². The lowest BCUT2D eigenvalue weighted by atomic mass is 10.1. The molecule has 2 atom stereocenters. The zero-order valence-corrected chi connectivity index (χ0v) is 19.7. The van der Waals surface area contributed by atoms with E-state index < -0.39 is 6.36 Å². The van der Waals surface area contributed by atoms with Crippen LogP contribution in [0.2, 0.25) is 0 Å². The Balaban J connectivity index is 1.26. The number of halogens is 3. The number of ether oxygens (including phenoxy) is 1. The number of nitrogens with zero attached hydrogens (tertiary/aromatic N) is 5. The Hall–Kier alpha value is -3.27. The van der Waals surface area contributed by atoms with Crippen LogP contribution < -0.4 is 4.74 Å². The zero-order valence-electron chi connectivity index (χ0n) is 19.7. The number of likely N-dealkylation sites (tertiary alicyclic amines) is 1. The van der Waals surface area contributed by atoms with Crippen LogP contribution in [0.4, 0.5) is 13.2 Å². The minimum Gasteiger partial charge on any atom is -0.406 e. The molecule has 1 saturated heterocycles. The van der Waals surface area contributed by atoms with Crippen molar-refractivity contribution in [3.63, 3.8) is 0 Å². The van der Waals surface area contributed by atoms with Crippen molar-refractivity contribution in [2.24, 2.45) is 31.8 Å². The molecule has 35 heavy (non-hydrogen) atoms. The van der Waals surface area contributed by atoms with Crippen LogP contribution in [0.15, 0.2) is 55.1 Å². The van der Waals surface area contributed by atoms with Crippen LogP contribution in [-0.4, -0.2) is 55.8 Å². The Morgan fingerprint density at radius 3 is 2.57 bits per heavy atom. The number of rotatable bonds is 8. The second kappa shape index (κ2) is 9.07. The third-order valence-electron chi connectivity index (χ3n) is 7.03. The normalized spacial score (nSPS) is 21.7. The van der Waals surface area contributed by atoms with Crippen LogP contribution in [0.5, 0.6) is 5.75 Å². The van der Waals surface area contributed by atoms with Crippen molar-refractivity contribution in [1.29, 1.82) is 0 Å². The number of aryl methyl sites for hydroxylation is 2. The Bertz CT molecular complexity index is 1190. The standard InChI is InChI=1S/C25H28F3N5O2/c1-30-15-23(29-16-30)24(34)33(10-17-5-3-7-19(9-17)35-25(26,27)28)14-22-20-12-32(13-21(20)22)11-18-6-4-8-31(18)2/h3-9,15-16,20-22H,10-14H2,1-2H3. The third kappa shape index (κ3) is 5.37. The molecule has 186 valence electrons. The van der Waals surface area contributed by atoms with Gasteiger partial charge < -0.3 is 18.8 Å². The van der Waals surface area contributed by atoms with Crippen LogP contribution >= 0.6 is 0 Å². The first-order valence-electron chi connectivity index (χ1n) is 11.6. The van der Waals surface area contributed by atoms with Gasteiger partial charge in [-0.25, -0.2) is 4.98 Å². The molecule has 3 aromatic rings. The molecule has 1 saturated carbocycles. The summed E-state index contributed by atoms with van der Waals surface area (Å²) in [5.74, 6) is 0.906. The summed E-state index contributed by atoms with van der Waals surface area (Å²) in [6, 6.07) is 9.98. The highest BCUT2D eigenvalue weighted by Gasteiger charge is 2.56. The van der Waals surface area contributed by atoms with Crippen LogP contribution in [0.25, 0.3) is 0 Å². The van der Waals surface area contributed by atoms with Crippen LogP contribution in [-0.2, 0) is 27.2 Å². The van der Waals surface area contributed by atoms with E-state index in [4.69, 9.17) is 0 Å². The zero-order chi connectivity index (χ0) is 24.7. The van der Waals surface area contributed by atoms with Gasteiger partial charge in [0.2, 0.25) is 0 Å². The predicted octanol–water partition coefficient (Wildman–Crippen LogP) is 3.68. The first kappa shape index (κ1) is 23.5. The molecule has 2 aromatic heterocycles. The smallest absolute Gasteiger partial charge is 0.406 e. The first-order valence-corrected chi connectivity index (χ1v) is 11.6. The molecule has 1 aromatic carbocycles. The molecule has 2 aliphatic rings. The van der Waals surface area contributed by atoms with E-state index in [9.17, 15) is 18.0 Å². The molecule has 5 rings (SSSR count). The molecule has 1 aliphatic carbocycles. The number of fused-ring (bicyclic) bond motifs is 1. The van der Waals surface area contributed by atoms with Crippen LogP contribution in [0.3, 0.4) is 0 Å². The topological polar surface area (TPSA) is 55.5 Å². The number of hydrogen-bond acceptors (Lipinski definition) is 4. The highest BCUT2D eigenvalue weighted by Crippen LogP contribution is 2.52. The number of carbonyl (C=O) groups is 1. The van der Waals surface area contributed by atoms with E-state index in [0.717, 1.165) is 19.6 Å². The molecule has 1 aliphatic heterocycles. The molecule has 0 radical (unpaired) electrons. The fraction of sp³-hybridized carbons (Fsp3) is 0.440. The van der Waals surface area contributed by atoms with Crippen molar-refractivity contribution in [2.75, 3.05) is 19.6 Å². The van der Waals surface area contributed by atoms with Gasteiger partial charge in [0.05, 0.1) is 6.33 Å². The van der Waals surface area contributed by atoms with E-state index in [2.05, 4.69) is 25.3 Å². The molecule has 0 N–H and O–H groups in total. The van der Waals surface area contributed by atoms with Gasteiger partial charge in [0.25, 0.3) is 5.91 Å². The van der Waals surface area contributed by atoms with Gasteiger partial charge in [-0.05, 0) is 47.6 Å². The van der Waals surface area contributed by atoms with Crippen LogP contribution in [0, 0.1) is 17.8 Å². The lowest BCUT2D eigenvalue weighted by molar-refractivity contribution is -0.274. The minimum atomic E-state index is -4.77. The van der Waals surface area contributed by atoms with Crippen molar-refractivity contribution in [1.82, 2.24) is 23.9 Å². The van der Waals surface area contributed by atoms with Gasteiger partial charge in [0, 0.05) is 64.9 Å². The first-order chi connectivity index (χ1) is 16.7. The Morgan fingerprint density at radius 2 is 1.94 bits per heavy atom. The van der Waals surface area contributed by atoms with E-state index in [0.29, 0.717) is 35.6 Å². The van der Waals surface area contributed by atoms with Gasteiger partial charge in [-0.3, -0.25) is 9.69 Å². The molecule has 1 amide bonds. The van der Waals surface area contributed by atoms with E-state index in [1.807, 2.05) is 19.3 Å². The van der Waals surface area contributed by atoms with Crippen molar-refractivity contribution in [3.8, 4) is 5.75 Å². The van der Waals surface area contributed by atoms with Gasteiger partial charge in [0.1, 0.15) is 11.4 Å². The van der Waals surface area contributed by atoms with Gasteiger partial charge in [-0.15, -0.1) is 13.2 Å². The summed E-state index contributed by atoms with van der Waals surface area (Å²) in [4.78, 5) is 21.6. The summed E-state index contributed by atoms with van der Waals surface area (Å²) in [7, 11) is 3.84. The number of benzene rings is 1. The molecule has 0 spiro atoms. The number of amides is 1. The Labute approximate surface area is 201 Å². The lowest BCUT2D eigenvalue weighted by Crippen LogP contribution is -2.35. The van der Waals surface area contributed by atoms with Crippen molar-refractivity contribution in [3.05, 3.63) is 72.1 Å². The second-order valence-electron chi connectivity index (χ2n) is 9.60. The summed E-state index contributed by atoms with van der Waals surface area (Å²) in [6.45, 7) is 3.62. The quantitative estimate of drug-likeness (QED) is 0.487. The average molecular weight is 488 g/mol. The van der Waals surface area contributed by atoms with E-state index >= 15 is 0 Å². The highest BCUT2D eigenvalue weighted by atomic mass is 19.4. The molecule has 3 heterocycles. The molecular weight excluding hydrogens is 459 g/mol. The number of piperidine rings is 1. The van der Waals surface area contributed by atoms with Gasteiger partial charge in [0.15, 0.2) is 0 Å². The maximum absolute atomic E-state index is 13.3. The summed E-state index contributed by atoms with van der Waals surface area (Å²) in [5.41, 5.74) is 2.18. The highest BCUT2D eigenvalue weighted by molar-refractivity contribution is 5.92. The minimum absolute atomic E-state index is 0.188. The fourth-order valence-electron chi connectivity index (χ4n) is 5.25. The molecule has 7 nitrogen and oxygen atoms in total. The van der Waals surface area contributed by atoms with Crippen molar-refractivity contribution >= 4 is 5.91 Å². The number of hydrogen-bond donors (Lipinski definition) is 0. The van der Waals surface area contributed by atoms with Gasteiger partial charge in [-0.1, -0.05) is 12.1 Å². The molecule has 10 heteroatoms. The Kier molecular flexibility index (Phi) is 6.08. The van der Waals surface area contributed by atoms with E-state index in [1.54, 1.807) is 35.1 Å². The molecule has 2 unspecified atom stereocenters. The third-order valence-corrected chi connectivity index (χ3v) is 7.03. The lowest BCUT2D eigenvalue weighted by Gasteiger charge is -2.25. The number of alkyl halides is 3. The number of carbonyl (C=O) groups excluding carboxylic acids is 1. The number of imidazole rings is 1. The molecular formula is C25H28F3N5O2. The summed E-state index contributed by atoms with van der Waals surface area (Å²) in [5, 5.41) is 0. The van der Waals surface area contributed by atoms with E-state index in [-0.39, 0.29) is 18.2 Å². The largest absolute Gasteiger partial charge is 0.573 e. The molecule has 0 bridgehead atoms. The van der Waals surface area contributed by atoms with Crippen molar-refractivity contribution in [2.45, 2.75) is 19.5 Å². The van der Waals surface area contributed by atoms with Gasteiger partial charge >= 0.3 is 6.36 Å². The van der Waals surface area contributed by atoms with Crippen LogP contribution in [0.1, 0.15) is 21.7 Å². The second-order valence-corrected chi connectivity index (χ2v) is 9.60. The summed E-state index contributed by atoms with van der Waals surface area (Å²) >= 11 is 0. The Morgan fingerprint density at radius 1 is 1.17 bits per heavy atom. The number of aromatic nitrogens is 3. The maximum atomic E-state index is 13.3. The summed E-state index contributed by atoms with van der Waals surface area (Å²) in [6.07, 6.45) is 0.508. The van der Waals surface area contributed by atoms with Crippen molar-refractivity contribution < 1.29 is 22.7 Å². The predicted molar refractivity (Wildman–Crippen MR) is 122 cm³/mol.